The van der Waals surface area contributed by atoms with Gasteiger partial charge in [-0.15, -0.1) is 11.3 Å². The van der Waals surface area contributed by atoms with Gasteiger partial charge < -0.3 is 15.8 Å². The van der Waals surface area contributed by atoms with Crippen LogP contribution in [0.3, 0.4) is 0 Å². The van der Waals surface area contributed by atoms with Gasteiger partial charge in [-0.05, 0) is 26.7 Å². The van der Waals surface area contributed by atoms with E-state index < -0.39 is 0 Å². The third-order valence-electron chi connectivity index (χ3n) is 3.69. The summed E-state index contributed by atoms with van der Waals surface area (Å²) in [6.07, 6.45) is 4.81. The van der Waals surface area contributed by atoms with Crippen molar-refractivity contribution in [2.45, 2.75) is 38.3 Å². The maximum absolute atomic E-state index is 12.4. The quantitative estimate of drug-likeness (QED) is 0.889. The van der Waals surface area contributed by atoms with Crippen molar-refractivity contribution >= 4 is 23.2 Å². The summed E-state index contributed by atoms with van der Waals surface area (Å²) in [6.45, 7) is 4.73. The SMILES string of the molecule is CC1(C)CC(NC(=O)c2csc(-c3cnc(N)nc3)n2)CCO1. The van der Waals surface area contributed by atoms with Crippen molar-refractivity contribution in [3.8, 4) is 10.6 Å². The Balaban J connectivity index is 1.68. The van der Waals surface area contributed by atoms with Gasteiger partial charge in [0.15, 0.2) is 0 Å². The van der Waals surface area contributed by atoms with Crippen molar-refractivity contribution in [3.63, 3.8) is 0 Å². The molecule has 23 heavy (non-hydrogen) atoms. The lowest BCUT2D eigenvalue weighted by atomic mass is 9.94. The zero-order chi connectivity index (χ0) is 16.4. The summed E-state index contributed by atoms with van der Waals surface area (Å²) in [7, 11) is 0. The number of nitrogen functional groups attached to an aromatic ring is 1. The van der Waals surface area contributed by atoms with Crippen molar-refractivity contribution < 1.29 is 9.53 Å². The fourth-order valence-electron chi connectivity index (χ4n) is 2.57. The lowest BCUT2D eigenvalue weighted by Crippen LogP contribution is -2.45. The van der Waals surface area contributed by atoms with Crippen LogP contribution < -0.4 is 11.1 Å². The van der Waals surface area contributed by atoms with E-state index in [2.05, 4.69) is 20.3 Å². The molecule has 0 spiro atoms. The fourth-order valence-corrected chi connectivity index (χ4v) is 3.35. The Morgan fingerprint density at radius 2 is 2.17 bits per heavy atom. The predicted molar refractivity (Wildman–Crippen MR) is 88.1 cm³/mol. The van der Waals surface area contributed by atoms with Gasteiger partial charge in [-0.2, -0.15) is 0 Å². The molecule has 1 amide bonds. The van der Waals surface area contributed by atoms with E-state index in [4.69, 9.17) is 10.5 Å². The number of rotatable bonds is 3. The normalized spacial score (nSPS) is 20.2. The highest BCUT2D eigenvalue weighted by molar-refractivity contribution is 7.13. The number of carbonyl (C=O) groups is 1. The predicted octanol–water partition coefficient (Wildman–Crippen LogP) is 1.87. The molecule has 2 aromatic rings. The molecule has 3 N–H and O–H groups in total. The number of carbonyl (C=O) groups excluding carboxylic acids is 1. The molecule has 3 rings (SSSR count). The topological polar surface area (TPSA) is 103 Å². The molecule has 1 atom stereocenters. The van der Waals surface area contributed by atoms with Gasteiger partial charge in [0.05, 0.1) is 5.60 Å². The van der Waals surface area contributed by atoms with E-state index in [1.54, 1.807) is 17.8 Å². The highest BCUT2D eigenvalue weighted by atomic mass is 32.1. The Morgan fingerprint density at radius 1 is 1.43 bits per heavy atom. The van der Waals surface area contributed by atoms with E-state index in [1.165, 1.54) is 11.3 Å². The van der Waals surface area contributed by atoms with Crippen LogP contribution in [0.2, 0.25) is 0 Å². The third kappa shape index (κ3) is 3.83. The number of ether oxygens (including phenoxy) is 1. The van der Waals surface area contributed by atoms with Gasteiger partial charge in [-0.1, -0.05) is 0 Å². The molecule has 0 saturated carbocycles. The molecule has 1 aliphatic rings. The summed E-state index contributed by atoms with van der Waals surface area (Å²) in [5.41, 5.74) is 6.42. The van der Waals surface area contributed by atoms with Crippen molar-refractivity contribution in [2.24, 2.45) is 0 Å². The van der Waals surface area contributed by atoms with Gasteiger partial charge in [0, 0.05) is 36.0 Å². The van der Waals surface area contributed by atoms with Gasteiger partial charge in [-0.25, -0.2) is 15.0 Å². The molecular formula is C15H19N5O2S. The van der Waals surface area contributed by atoms with Crippen LogP contribution in [0.5, 0.6) is 0 Å². The average molecular weight is 333 g/mol. The maximum Gasteiger partial charge on any atom is 0.270 e. The van der Waals surface area contributed by atoms with Gasteiger partial charge in [0.2, 0.25) is 5.95 Å². The van der Waals surface area contributed by atoms with Crippen LogP contribution in [0, 0.1) is 0 Å². The number of amides is 1. The lowest BCUT2D eigenvalue weighted by Gasteiger charge is -2.35. The van der Waals surface area contributed by atoms with Crippen molar-refractivity contribution in [2.75, 3.05) is 12.3 Å². The zero-order valence-electron chi connectivity index (χ0n) is 13.1. The second-order valence-electron chi connectivity index (χ2n) is 6.14. The molecule has 7 nitrogen and oxygen atoms in total. The molecule has 1 saturated heterocycles. The standard InChI is InChI=1S/C15H19N5O2S/c1-15(2)5-10(3-4-22-15)19-12(21)11-8-23-13(20-11)9-6-17-14(16)18-7-9/h6-8,10H,3-5H2,1-2H3,(H,19,21)(H2,16,17,18). The van der Waals surface area contributed by atoms with Crippen LogP contribution >= 0.6 is 11.3 Å². The van der Waals surface area contributed by atoms with Crippen LogP contribution in [0.25, 0.3) is 10.6 Å². The molecule has 0 bridgehead atoms. The Kier molecular flexibility index (Phi) is 4.27. The highest BCUT2D eigenvalue weighted by Crippen LogP contribution is 2.25. The van der Waals surface area contributed by atoms with Crippen molar-refractivity contribution in [3.05, 3.63) is 23.5 Å². The average Bonchev–Trinajstić information content (AvgIpc) is 2.97. The van der Waals surface area contributed by atoms with Gasteiger partial charge in [0.1, 0.15) is 10.7 Å². The molecule has 1 aliphatic heterocycles. The Bertz CT molecular complexity index is 698. The van der Waals surface area contributed by atoms with E-state index >= 15 is 0 Å². The van der Waals surface area contributed by atoms with Crippen LogP contribution in [-0.2, 0) is 4.74 Å². The molecule has 2 aromatic heterocycles. The van der Waals surface area contributed by atoms with Gasteiger partial charge in [-0.3, -0.25) is 4.79 Å². The number of anilines is 1. The largest absolute Gasteiger partial charge is 0.375 e. The van der Waals surface area contributed by atoms with Crippen molar-refractivity contribution in [1.29, 1.82) is 0 Å². The minimum atomic E-state index is -0.204. The highest BCUT2D eigenvalue weighted by Gasteiger charge is 2.30. The van der Waals surface area contributed by atoms with Gasteiger partial charge in [0.25, 0.3) is 5.91 Å². The monoisotopic (exact) mass is 333 g/mol. The molecule has 3 heterocycles. The van der Waals surface area contributed by atoms with E-state index in [1.807, 2.05) is 13.8 Å². The summed E-state index contributed by atoms with van der Waals surface area (Å²) in [5.74, 6) is 0.0527. The summed E-state index contributed by atoms with van der Waals surface area (Å²) >= 11 is 1.38. The molecular weight excluding hydrogens is 314 g/mol. The molecule has 1 fully saturated rings. The number of aromatic nitrogens is 3. The molecule has 0 aliphatic carbocycles. The number of nitrogens with zero attached hydrogens (tertiary/aromatic N) is 3. The Hall–Kier alpha value is -2.06. The molecule has 0 radical (unpaired) electrons. The number of nitrogens with two attached hydrogens (primary N) is 1. The minimum Gasteiger partial charge on any atom is -0.375 e. The zero-order valence-corrected chi connectivity index (χ0v) is 13.9. The first-order chi connectivity index (χ1) is 10.9. The second kappa shape index (κ2) is 6.21. The van der Waals surface area contributed by atoms with E-state index in [0.29, 0.717) is 17.3 Å². The molecule has 1 unspecified atom stereocenters. The summed E-state index contributed by atoms with van der Waals surface area (Å²) in [6, 6.07) is 0.108. The summed E-state index contributed by atoms with van der Waals surface area (Å²) in [4.78, 5) is 24.6. The smallest absolute Gasteiger partial charge is 0.270 e. The lowest BCUT2D eigenvalue weighted by molar-refractivity contribution is -0.0615. The van der Waals surface area contributed by atoms with Crippen LogP contribution in [0.4, 0.5) is 5.95 Å². The maximum atomic E-state index is 12.4. The first kappa shape index (κ1) is 15.8. The fraction of sp³-hybridized carbons (Fsp3) is 0.467. The Labute approximate surface area is 138 Å². The molecule has 122 valence electrons. The minimum absolute atomic E-state index is 0.108. The van der Waals surface area contributed by atoms with Crippen molar-refractivity contribution in [1.82, 2.24) is 20.3 Å². The van der Waals surface area contributed by atoms with Gasteiger partial charge >= 0.3 is 0 Å². The van der Waals surface area contributed by atoms with E-state index in [0.717, 1.165) is 18.4 Å². The first-order valence-electron chi connectivity index (χ1n) is 7.41. The number of nitrogens with one attached hydrogen (secondary N) is 1. The third-order valence-corrected chi connectivity index (χ3v) is 4.58. The van der Waals surface area contributed by atoms with Crippen LogP contribution in [0.1, 0.15) is 37.2 Å². The number of thiazole rings is 1. The summed E-state index contributed by atoms with van der Waals surface area (Å²) < 4.78 is 5.67. The van der Waals surface area contributed by atoms with E-state index in [9.17, 15) is 4.79 Å². The van der Waals surface area contributed by atoms with Crippen LogP contribution in [-0.4, -0.2) is 39.1 Å². The van der Waals surface area contributed by atoms with Crippen LogP contribution in [0.15, 0.2) is 17.8 Å². The molecule has 8 heteroatoms. The summed E-state index contributed by atoms with van der Waals surface area (Å²) in [5, 5.41) is 5.48. The number of hydrogen-bond donors (Lipinski definition) is 2. The Morgan fingerprint density at radius 3 is 2.87 bits per heavy atom. The number of hydrogen-bond acceptors (Lipinski definition) is 7. The van der Waals surface area contributed by atoms with E-state index in [-0.39, 0.29) is 23.5 Å². The molecule has 0 aromatic carbocycles. The first-order valence-corrected chi connectivity index (χ1v) is 8.29. The second-order valence-corrected chi connectivity index (χ2v) is 7.00.